The third-order valence-electron chi connectivity index (χ3n) is 3.18. The number of sulfonamides is 1. The minimum absolute atomic E-state index is 0.00209. The highest BCUT2D eigenvalue weighted by atomic mass is 32.2. The lowest BCUT2D eigenvalue weighted by atomic mass is 10.1. The number of nitrogens with zero attached hydrogens (tertiary/aromatic N) is 1. The molecule has 2 N–H and O–H groups in total. The van der Waals surface area contributed by atoms with E-state index in [4.69, 9.17) is 9.47 Å². The zero-order valence-electron chi connectivity index (χ0n) is 12.0. The fraction of sp³-hybridized carbons (Fsp3) is 0.667. The molecule has 0 spiro atoms. The Balaban J connectivity index is 2.16. The number of nitrogens with one attached hydrogen (secondary N) is 2. The number of ether oxygens (including phenoxy) is 2. The summed E-state index contributed by atoms with van der Waals surface area (Å²) in [7, 11) is -3.86. The van der Waals surface area contributed by atoms with Crippen LogP contribution in [-0.2, 0) is 19.5 Å². The molecule has 0 saturated carbocycles. The van der Waals surface area contributed by atoms with E-state index in [1.807, 2.05) is 6.92 Å². The average molecular weight is 317 g/mol. The molecule has 2 heterocycles. The maximum absolute atomic E-state index is 12.4. The molecule has 8 nitrogen and oxygen atoms in total. The second-order valence-corrected chi connectivity index (χ2v) is 6.51. The minimum atomic E-state index is -3.86. The van der Waals surface area contributed by atoms with Gasteiger partial charge in [0.05, 0.1) is 18.9 Å². The molecule has 118 valence electrons. The summed E-state index contributed by atoms with van der Waals surface area (Å²) in [6.07, 6.45) is 2.33. The lowest BCUT2D eigenvalue weighted by Crippen LogP contribution is -2.41. The highest BCUT2D eigenvalue weighted by Gasteiger charge is 2.30. The minimum Gasteiger partial charge on any atom is -0.462 e. The van der Waals surface area contributed by atoms with Gasteiger partial charge in [0.15, 0.2) is 5.03 Å². The van der Waals surface area contributed by atoms with Gasteiger partial charge in [-0.2, -0.15) is 5.10 Å². The van der Waals surface area contributed by atoms with Crippen molar-refractivity contribution < 1.29 is 22.7 Å². The number of H-pyrrole nitrogens is 1. The topological polar surface area (TPSA) is 110 Å². The van der Waals surface area contributed by atoms with E-state index in [2.05, 4.69) is 14.9 Å². The Morgan fingerprint density at radius 1 is 1.62 bits per heavy atom. The van der Waals surface area contributed by atoms with E-state index in [1.165, 1.54) is 0 Å². The molecule has 0 bridgehead atoms. The molecule has 1 aliphatic heterocycles. The molecule has 9 heteroatoms. The summed E-state index contributed by atoms with van der Waals surface area (Å²) >= 11 is 0. The summed E-state index contributed by atoms with van der Waals surface area (Å²) < 4.78 is 37.5. The predicted molar refractivity (Wildman–Crippen MR) is 73.3 cm³/mol. The predicted octanol–water partition coefficient (Wildman–Crippen LogP) is 0.432. The van der Waals surface area contributed by atoms with Crippen LogP contribution in [-0.4, -0.2) is 49.9 Å². The normalized spacial score (nSPS) is 23.0. The zero-order chi connectivity index (χ0) is 15.5. The first-order chi connectivity index (χ1) is 9.94. The van der Waals surface area contributed by atoms with Crippen molar-refractivity contribution in [1.29, 1.82) is 0 Å². The van der Waals surface area contributed by atoms with E-state index >= 15 is 0 Å². The van der Waals surface area contributed by atoms with Crippen LogP contribution in [0.15, 0.2) is 11.2 Å². The first-order valence-electron chi connectivity index (χ1n) is 6.78. The van der Waals surface area contributed by atoms with Crippen LogP contribution in [0.1, 0.15) is 37.0 Å². The van der Waals surface area contributed by atoms with Crippen molar-refractivity contribution in [3.8, 4) is 0 Å². The molecule has 0 amide bonds. The first kappa shape index (κ1) is 15.9. The van der Waals surface area contributed by atoms with Crippen LogP contribution in [0.5, 0.6) is 0 Å². The fourth-order valence-corrected chi connectivity index (χ4v) is 3.59. The number of carbonyl (C=O) groups is 1. The molecule has 2 atom stereocenters. The zero-order valence-corrected chi connectivity index (χ0v) is 12.8. The average Bonchev–Trinajstić information content (AvgIpc) is 2.88. The molecule has 1 aromatic rings. The third-order valence-corrected chi connectivity index (χ3v) is 4.67. The van der Waals surface area contributed by atoms with Crippen LogP contribution in [0, 0.1) is 0 Å². The van der Waals surface area contributed by atoms with Gasteiger partial charge in [-0.15, -0.1) is 0 Å². The standard InChI is InChI=1S/C12H19N3O5S/c1-3-19-12(16)10-7-13-14-11(10)21(17,18)15-9-4-5-20-8(2)6-9/h7-9,15H,3-6H2,1-2H3,(H,13,14). The second-order valence-electron chi connectivity index (χ2n) is 4.86. The molecule has 2 unspecified atom stereocenters. The van der Waals surface area contributed by atoms with Gasteiger partial charge in [0.2, 0.25) is 0 Å². The Bertz CT molecular complexity index is 598. The van der Waals surface area contributed by atoms with Crippen LogP contribution in [0.3, 0.4) is 0 Å². The van der Waals surface area contributed by atoms with Crippen molar-refractivity contribution in [2.24, 2.45) is 0 Å². The van der Waals surface area contributed by atoms with Crippen molar-refractivity contribution in [3.05, 3.63) is 11.8 Å². The maximum Gasteiger partial charge on any atom is 0.342 e. The van der Waals surface area contributed by atoms with Gasteiger partial charge in [0, 0.05) is 12.6 Å². The molecule has 1 aliphatic rings. The number of hydrogen-bond acceptors (Lipinski definition) is 6. The number of hydrogen-bond donors (Lipinski definition) is 2. The Morgan fingerprint density at radius 3 is 3.05 bits per heavy atom. The van der Waals surface area contributed by atoms with Crippen LogP contribution >= 0.6 is 0 Å². The fourth-order valence-electron chi connectivity index (χ4n) is 2.22. The number of aromatic amines is 1. The van der Waals surface area contributed by atoms with Gasteiger partial charge in [-0.1, -0.05) is 0 Å². The van der Waals surface area contributed by atoms with Gasteiger partial charge >= 0.3 is 5.97 Å². The summed E-state index contributed by atoms with van der Waals surface area (Å²) in [5.74, 6) is -0.716. The summed E-state index contributed by atoms with van der Waals surface area (Å²) in [4.78, 5) is 11.7. The molecule has 0 aromatic carbocycles. The summed E-state index contributed by atoms with van der Waals surface area (Å²) in [6, 6.07) is -0.225. The quantitative estimate of drug-likeness (QED) is 0.762. The van der Waals surface area contributed by atoms with Gasteiger partial charge in [-0.25, -0.2) is 17.9 Å². The summed E-state index contributed by atoms with van der Waals surface area (Å²) in [5, 5.41) is 5.72. The van der Waals surface area contributed by atoms with E-state index in [1.54, 1.807) is 6.92 Å². The van der Waals surface area contributed by atoms with Gasteiger partial charge in [-0.3, -0.25) is 5.10 Å². The molecule has 0 radical (unpaired) electrons. The highest BCUT2D eigenvalue weighted by molar-refractivity contribution is 7.89. The van der Waals surface area contributed by atoms with E-state index in [0.29, 0.717) is 19.4 Å². The highest BCUT2D eigenvalue weighted by Crippen LogP contribution is 2.18. The Labute approximate surface area is 123 Å². The number of aromatic nitrogens is 2. The smallest absolute Gasteiger partial charge is 0.342 e. The van der Waals surface area contributed by atoms with Gasteiger partial charge in [0.1, 0.15) is 5.56 Å². The SMILES string of the molecule is CCOC(=O)c1cn[nH]c1S(=O)(=O)NC1CCOC(C)C1. The largest absolute Gasteiger partial charge is 0.462 e. The number of rotatable bonds is 5. The van der Waals surface area contributed by atoms with Crippen molar-refractivity contribution in [2.45, 2.75) is 43.9 Å². The third kappa shape index (κ3) is 3.80. The summed E-state index contributed by atoms with van der Waals surface area (Å²) in [6.45, 7) is 4.20. The van der Waals surface area contributed by atoms with E-state index in [0.717, 1.165) is 6.20 Å². The molecule has 1 fully saturated rings. The van der Waals surface area contributed by atoms with Crippen molar-refractivity contribution in [3.63, 3.8) is 0 Å². The molecule has 2 rings (SSSR count). The Hall–Kier alpha value is -1.45. The van der Waals surface area contributed by atoms with E-state index in [9.17, 15) is 13.2 Å². The van der Waals surface area contributed by atoms with Crippen LogP contribution in [0.2, 0.25) is 0 Å². The molecule has 1 saturated heterocycles. The van der Waals surface area contributed by atoms with Crippen molar-refractivity contribution in [2.75, 3.05) is 13.2 Å². The maximum atomic E-state index is 12.4. The van der Waals surface area contributed by atoms with Crippen molar-refractivity contribution >= 4 is 16.0 Å². The molecular formula is C12H19N3O5S. The number of carbonyl (C=O) groups excluding carboxylic acids is 1. The Kier molecular flexibility index (Phi) is 4.96. The van der Waals surface area contributed by atoms with Gasteiger partial charge in [0.25, 0.3) is 10.0 Å². The van der Waals surface area contributed by atoms with Crippen LogP contribution in [0.25, 0.3) is 0 Å². The van der Waals surface area contributed by atoms with Crippen molar-refractivity contribution in [1.82, 2.24) is 14.9 Å². The lowest BCUT2D eigenvalue weighted by molar-refractivity contribution is 0.0173. The molecular weight excluding hydrogens is 298 g/mol. The first-order valence-corrected chi connectivity index (χ1v) is 8.26. The van der Waals surface area contributed by atoms with E-state index < -0.39 is 16.0 Å². The monoisotopic (exact) mass is 317 g/mol. The molecule has 1 aromatic heterocycles. The van der Waals surface area contributed by atoms with Gasteiger partial charge < -0.3 is 9.47 Å². The summed E-state index contributed by atoms with van der Waals surface area (Å²) in [5.41, 5.74) is -0.0931. The van der Waals surface area contributed by atoms with E-state index in [-0.39, 0.29) is 29.3 Å². The van der Waals surface area contributed by atoms with Crippen LogP contribution < -0.4 is 4.72 Å². The second kappa shape index (κ2) is 6.54. The number of esters is 1. The lowest BCUT2D eigenvalue weighted by Gasteiger charge is -2.27. The van der Waals surface area contributed by atoms with Gasteiger partial charge in [-0.05, 0) is 26.7 Å². The molecule has 21 heavy (non-hydrogen) atoms. The molecule has 0 aliphatic carbocycles. The Morgan fingerprint density at radius 2 is 2.38 bits per heavy atom. The van der Waals surface area contributed by atoms with Crippen LogP contribution in [0.4, 0.5) is 0 Å².